The highest BCUT2D eigenvalue weighted by molar-refractivity contribution is 5.48. The van der Waals surface area contributed by atoms with E-state index in [2.05, 4.69) is 27.3 Å². The summed E-state index contributed by atoms with van der Waals surface area (Å²) in [7, 11) is 0. The second-order valence-electron chi connectivity index (χ2n) is 6.38. The Kier molecular flexibility index (Phi) is 4.51. The number of rotatable bonds is 5. The summed E-state index contributed by atoms with van der Waals surface area (Å²) in [5.41, 5.74) is 2.50. The first kappa shape index (κ1) is 15.3. The second kappa shape index (κ2) is 7.09. The van der Waals surface area contributed by atoms with E-state index in [9.17, 15) is 0 Å². The van der Waals surface area contributed by atoms with Crippen molar-refractivity contribution in [2.24, 2.45) is 0 Å². The zero-order valence-corrected chi connectivity index (χ0v) is 13.9. The lowest BCUT2D eigenvalue weighted by atomic mass is 10.1. The molecule has 2 aromatic rings. The number of nitrogens with zero attached hydrogens (tertiary/aromatic N) is 2. The molecule has 1 fully saturated rings. The summed E-state index contributed by atoms with van der Waals surface area (Å²) in [5.74, 6) is 2.92. The van der Waals surface area contributed by atoms with E-state index in [0.717, 1.165) is 43.5 Å². The van der Waals surface area contributed by atoms with Gasteiger partial charge in [0.15, 0.2) is 11.5 Å². The van der Waals surface area contributed by atoms with Crippen molar-refractivity contribution in [3.63, 3.8) is 0 Å². The molecule has 0 saturated carbocycles. The van der Waals surface area contributed by atoms with Crippen molar-refractivity contribution >= 4 is 5.82 Å². The summed E-state index contributed by atoms with van der Waals surface area (Å²) < 4.78 is 11.0. The van der Waals surface area contributed by atoms with Crippen LogP contribution in [0.2, 0.25) is 0 Å². The zero-order chi connectivity index (χ0) is 16.2. The fourth-order valence-corrected chi connectivity index (χ4v) is 3.51. The number of nitrogens with two attached hydrogens (primary N) is 1. The first-order chi connectivity index (χ1) is 11.9. The standard InChI is InChI=1S/C19H23N3O2/c1-2-10-22(11-3-1)19-16(7-5-9-21-19)13-20-12-15-6-4-8-17-18(15)24-14-23-17/h4-9,20H,1-3,10-14H2/p+1. The minimum atomic E-state index is 0.327. The Labute approximate surface area is 142 Å². The molecular weight excluding hydrogens is 302 g/mol. The number of anilines is 1. The molecule has 5 nitrogen and oxygen atoms in total. The summed E-state index contributed by atoms with van der Waals surface area (Å²) in [5, 5.41) is 2.31. The van der Waals surface area contributed by atoms with Gasteiger partial charge in [-0.3, -0.25) is 0 Å². The molecule has 1 aromatic carbocycles. The highest BCUT2D eigenvalue weighted by Crippen LogP contribution is 2.34. The van der Waals surface area contributed by atoms with Crippen LogP contribution in [0.5, 0.6) is 11.5 Å². The van der Waals surface area contributed by atoms with Crippen molar-refractivity contribution in [2.45, 2.75) is 32.4 Å². The van der Waals surface area contributed by atoms with Gasteiger partial charge in [0.1, 0.15) is 18.9 Å². The molecular formula is C19H24N3O2+. The van der Waals surface area contributed by atoms with E-state index < -0.39 is 0 Å². The molecule has 0 atom stereocenters. The molecule has 0 spiro atoms. The molecule has 0 bridgehead atoms. The predicted octanol–water partition coefficient (Wildman–Crippen LogP) is 2.06. The number of piperidine rings is 1. The molecule has 0 aliphatic carbocycles. The third-order valence-corrected chi connectivity index (χ3v) is 4.73. The Morgan fingerprint density at radius 1 is 0.958 bits per heavy atom. The quantitative estimate of drug-likeness (QED) is 0.914. The van der Waals surface area contributed by atoms with Gasteiger partial charge in [0.25, 0.3) is 0 Å². The van der Waals surface area contributed by atoms with Crippen molar-refractivity contribution in [3.05, 3.63) is 47.7 Å². The number of hydrogen-bond acceptors (Lipinski definition) is 4. The summed E-state index contributed by atoms with van der Waals surface area (Å²) in [4.78, 5) is 7.08. The average Bonchev–Trinajstić information content (AvgIpc) is 3.12. The van der Waals surface area contributed by atoms with Crippen LogP contribution in [0, 0.1) is 0 Å². The van der Waals surface area contributed by atoms with Crippen LogP contribution in [0.4, 0.5) is 5.82 Å². The molecule has 2 aliphatic rings. The van der Waals surface area contributed by atoms with Crippen LogP contribution >= 0.6 is 0 Å². The van der Waals surface area contributed by atoms with Gasteiger partial charge in [-0.1, -0.05) is 6.07 Å². The van der Waals surface area contributed by atoms with Crippen LogP contribution in [-0.2, 0) is 13.1 Å². The smallest absolute Gasteiger partial charge is 0.231 e. The normalized spacial score (nSPS) is 16.4. The van der Waals surface area contributed by atoms with Crippen molar-refractivity contribution < 1.29 is 14.8 Å². The Hall–Kier alpha value is -2.27. The first-order valence-electron chi connectivity index (χ1n) is 8.80. The van der Waals surface area contributed by atoms with Gasteiger partial charge in [-0.25, -0.2) is 4.98 Å². The SMILES string of the molecule is c1cnc(N2CCCCC2)c(C[NH2+]Cc2cccc3c2OCO3)c1. The van der Waals surface area contributed by atoms with E-state index >= 15 is 0 Å². The summed E-state index contributed by atoms with van der Waals surface area (Å²) in [6, 6.07) is 10.3. The van der Waals surface area contributed by atoms with E-state index in [1.54, 1.807) is 0 Å². The Balaban J connectivity index is 1.42. The van der Waals surface area contributed by atoms with Gasteiger partial charge in [-0.15, -0.1) is 0 Å². The molecule has 0 unspecified atom stereocenters. The van der Waals surface area contributed by atoms with E-state index in [0.29, 0.717) is 6.79 Å². The number of pyridine rings is 1. The third-order valence-electron chi connectivity index (χ3n) is 4.73. The number of para-hydroxylation sites is 1. The molecule has 1 saturated heterocycles. The first-order valence-corrected chi connectivity index (χ1v) is 8.80. The lowest BCUT2D eigenvalue weighted by Gasteiger charge is -2.29. The van der Waals surface area contributed by atoms with Crippen LogP contribution < -0.4 is 19.7 Å². The number of fused-ring (bicyclic) bond motifs is 1. The summed E-state index contributed by atoms with van der Waals surface area (Å²) in [6.45, 7) is 4.38. The minimum Gasteiger partial charge on any atom is -0.454 e. The molecule has 5 heteroatoms. The average molecular weight is 326 g/mol. The molecule has 2 N–H and O–H groups in total. The maximum absolute atomic E-state index is 5.59. The van der Waals surface area contributed by atoms with Gasteiger partial charge in [-0.2, -0.15) is 0 Å². The molecule has 4 rings (SSSR count). The van der Waals surface area contributed by atoms with Crippen molar-refractivity contribution in [2.75, 3.05) is 24.8 Å². The van der Waals surface area contributed by atoms with Crippen molar-refractivity contribution in [1.82, 2.24) is 4.98 Å². The van der Waals surface area contributed by atoms with Gasteiger partial charge in [0, 0.05) is 24.8 Å². The van der Waals surface area contributed by atoms with Crippen LogP contribution in [0.3, 0.4) is 0 Å². The van der Waals surface area contributed by atoms with Gasteiger partial charge in [0.05, 0.1) is 5.56 Å². The van der Waals surface area contributed by atoms with Gasteiger partial charge in [-0.05, 0) is 43.5 Å². The van der Waals surface area contributed by atoms with E-state index in [4.69, 9.17) is 9.47 Å². The lowest BCUT2D eigenvalue weighted by molar-refractivity contribution is -0.686. The monoisotopic (exact) mass is 326 g/mol. The molecule has 126 valence electrons. The van der Waals surface area contributed by atoms with Gasteiger partial charge < -0.3 is 19.7 Å². The van der Waals surface area contributed by atoms with Crippen LogP contribution in [0.1, 0.15) is 30.4 Å². The molecule has 0 radical (unpaired) electrons. The van der Waals surface area contributed by atoms with Crippen LogP contribution in [0.15, 0.2) is 36.5 Å². The minimum absolute atomic E-state index is 0.327. The molecule has 24 heavy (non-hydrogen) atoms. The number of aromatic nitrogens is 1. The largest absolute Gasteiger partial charge is 0.454 e. The maximum Gasteiger partial charge on any atom is 0.231 e. The lowest BCUT2D eigenvalue weighted by Crippen LogP contribution is -2.80. The molecule has 3 heterocycles. The number of ether oxygens (including phenoxy) is 2. The van der Waals surface area contributed by atoms with Crippen molar-refractivity contribution in [3.8, 4) is 11.5 Å². The Morgan fingerprint density at radius 2 is 1.79 bits per heavy atom. The van der Waals surface area contributed by atoms with Gasteiger partial charge >= 0.3 is 0 Å². The fourth-order valence-electron chi connectivity index (χ4n) is 3.51. The van der Waals surface area contributed by atoms with Crippen molar-refractivity contribution in [1.29, 1.82) is 0 Å². The third kappa shape index (κ3) is 3.17. The number of benzene rings is 1. The van der Waals surface area contributed by atoms with E-state index in [-0.39, 0.29) is 0 Å². The molecule has 0 amide bonds. The maximum atomic E-state index is 5.59. The Bertz CT molecular complexity index is 699. The topological polar surface area (TPSA) is 51.2 Å². The van der Waals surface area contributed by atoms with Crippen LogP contribution in [-0.4, -0.2) is 24.9 Å². The predicted molar refractivity (Wildman–Crippen MR) is 92.2 cm³/mol. The fraction of sp³-hybridized carbons (Fsp3) is 0.421. The summed E-state index contributed by atoms with van der Waals surface area (Å²) in [6.07, 6.45) is 5.79. The van der Waals surface area contributed by atoms with E-state index in [1.807, 2.05) is 24.4 Å². The Morgan fingerprint density at radius 3 is 2.71 bits per heavy atom. The van der Waals surface area contributed by atoms with E-state index in [1.165, 1.54) is 30.4 Å². The van der Waals surface area contributed by atoms with Crippen LogP contribution in [0.25, 0.3) is 0 Å². The highest BCUT2D eigenvalue weighted by atomic mass is 16.7. The highest BCUT2D eigenvalue weighted by Gasteiger charge is 2.19. The molecule has 1 aromatic heterocycles. The second-order valence-corrected chi connectivity index (χ2v) is 6.38. The number of quaternary nitrogens is 1. The summed E-state index contributed by atoms with van der Waals surface area (Å²) >= 11 is 0. The number of hydrogen-bond donors (Lipinski definition) is 1. The van der Waals surface area contributed by atoms with Gasteiger partial charge in [0.2, 0.25) is 6.79 Å². The molecule has 2 aliphatic heterocycles. The zero-order valence-electron chi connectivity index (χ0n) is 13.9.